The summed E-state index contributed by atoms with van der Waals surface area (Å²) in [5, 5.41) is 0. The van der Waals surface area contributed by atoms with Crippen molar-refractivity contribution in [2.45, 2.75) is 12.8 Å². The van der Waals surface area contributed by atoms with E-state index in [1.54, 1.807) is 24.3 Å². The van der Waals surface area contributed by atoms with Crippen LogP contribution in [-0.2, 0) is 19.1 Å². The topological polar surface area (TPSA) is 116 Å². The zero-order valence-electron chi connectivity index (χ0n) is 20.1. The van der Waals surface area contributed by atoms with E-state index in [2.05, 4.69) is 0 Å². The number of hydrogen-bond donors (Lipinski definition) is 0. The fraction of sp³-hybridized carbons (Fsp3) is 0.321. The minimum absolute atomic E-state index is 0.0511. The fourth-order valence-electron chi connectivity index (χ4n) is 5.31. The van der Waals surface area contributed by atoms with E-state index in [-0.39, 0.29) is 59.8 Å². The van der Waals surface area contributed by atoms with E-state index in [0.29, 0.717) is 11.3 Å². The van der Waals surface area contributed by atoms with Crippen LogP contribution in [0.4, 0.5) is 0 Å². The standard InChI is InChI=1S/C28H25NO8/c1-35-21-4-2-3-19(14-21)28(34)37-20-9-7-16(8-10-20)22(30)15-36-23(31)11-12-29-26(32)24-17-5-6-18(13-17)25(24)27(29)33/h2-10,14,17-18,24-25H,11-13,15H2,1H3. The number of fused-ring (bicyclic) bond motifs is 5. The minimum Gasteiger partial charge on any atom is -0.497 e. The number of allylic oxidation sites excluding steroid dienone is 2. The lowest BCUT2D eigenvalue weighted by molar-refractivity contribution is -0.145. The number of carbonyl (C=O) groups is 5. The van der Waals surface area contributed by atoms with Gasteiger partial charge in [0.1, 0.15) is 11.5 Å². The molecule has 4 unspecified atom stereocenters. The molecule has 0 spiro atoms. The molecule has 0 N–H and O–H groups in total. The van der Waals surface area contributed by atoms with Crippen LogP contribution in [0.2, 0.25) is 0 Å². The molecule has 9 heteroatoms. The van der Waals surface area contributed by atoms with Gasteiger partial charge in [0.15, 0.2) is 12.4 Å². The third-order valence-corrected chi connectivity index (χ3v) is 7.16. The molecule has 2 aliphatic carbocycles. The second-order valence-electron chi connectivity index (χ2n) is 9.31. The highest BCUT2D eigenvalue weighted by Gasteiger charge is 2.59. The highest BCUT2D eigenvalue weighted by molar-refractivity contribution is 6.06. The van der Waals surface area contributed by atoms with Gasteiger partial charge in [0.2, 0.25) is 11.8 Å². The summed E-state index contributed by atoms with van der Waals surface area (Å²) in [5.41, 5.74) is 0.589. The van der Waals surface area contributed by atoms with Gasteiger partial charge in [-0.1, -0.05) is 18.2 Å². The van der Waals surface area contributed by atoms with E-state index in [1.807, 2.05) is 12.2 Å². The molecule has 0 aromatic heterocycles. The Bertz CT molecular complexity index is 1270. The van der Waals surface area contributed by atoms with Crippen LogP contribution in [0.5, 0.6) is 11.5 Å². The zero-order chi connectivity index (χ0) is 26.1. The summed E-state index contributed by atoms with van der Waals surface area (Å²) >= 11 is 0. The lowest BCUT2D eigenvalue weighted by Crippen LogP contribution is -2.35. The van der Waals surface area contributed by atoms with Crippen LogP contribution in [0.15, 0.2) is 60.7 Å². The first kappa shape index (κ1) is 24.4. The summed E-state index contributed by atoms with van der Waals surface area (Å²) in [6, 6.07) is 12.4. The molecule has 1 aliphatic heterocycles. The van der Waals surface area contributed by atoms with Crippen molar-refractivity contribution in [2.75, 3.05) is 20.3 Å². The van der Waals surface area contributed by atoms with E-state index >= 15 is 0 Å². The molecule has 5 rings (SSSR count). The van der Waals surface area contributed by atoms with Crippen LogP contribution in [0, 0.1) is 23.7 Å². The molecular weight excluding hydrogens is 478 g/mol. The fourth-order valence-corrected chi connectivity index (χ4v) is 5.31. The van der Waals surface area contributed by atoms with Crippen LogP contribution >= 0.6 is 0 Å². The number of ether oxygens (including phenoxy) is 3. The number of amides is 2. The molecule has 2 aromatic rings. The Hall–Kier alpha value is -4.27. The van der Waals surface area contributed by atoms with Crippen LogP contribution in [0.1, 0.15) is 33.6 Å². The van der Waals surface area contributed by atoms with Crippen molar-refractivity contribution in [3.8, 4) is 11.5 Å². The molecule has 2 amide bonds. The van der Waals surface area contributed by atoms with Gasteiger partial charge in [-0.3, -0.25) is 24.1 Å². The number of esters is 2. The first-order valence-corrected chi connectivity index (χ1v) is 12.0. The average Bonchev–Trinajstić information content (AvgIpc) is 3.60. The van der Waals surface area contributed by atoms with Gasteiger partial charge in [-0.2, -0.15) is 0 Å². The Morgan fingerprint density at radius 1 is 0.892 bits per heavy atom. The molecule has 4 atom stereocenters. The number of ketones is 1. The van der Waals surface area contributed by atoms with Crippen LogP contribution in [0.25, 0.3) is 0 Å². The number of likely N-dealkylation sites (tertiary alicyclic amines) is 1. The molecular formula is C28H25NO8. The van der Waals surface area contributed by atoms with Crippen LogP contribution in [-0.4, -0.2) is 54.7 Å². The summed E-state index contributed by atoms with van der Waals surface area (Å²) in [6.45, 7) is -0.534. The Labute approximate surface area is 213 Å². The van der Waals surface area contributed by atoms with Crippen molar-refractivity contribution in [1.82, 2.24) is 4.90 Å². The summed E-state index contributed by atoms with van der Waals surface area (Å²) in [4.78, 5) is 63.5. The zero-order valence-corrected chi connectivity index (χ0v) is 20.1. The number of rotatable bonds is 9. The Morgan fingerprint density at radius 2 is 1.57 bits per heavy atom. The summed E-state index contributed by atoms with van der Waals surface area (Å²) < 4.78 is 15.5. The monoisotopic (exact) mass is 503 g/mol. The van der Waals surface area contributed by atoms with Gasteiger partial charge in [-0.05, 0) is 60.7 Å². The second-order valence-corrected chi connectivity index (χ2v) is 9.31. The van der Waals surface area contributed by atoms with Crippen LogP contribution in [0.3, 0.4) is 0 Å². The van der Waals surface area contributed by atoms with E-state index < -0.39 is 24.3 Å². The third-order valence-electron chi connectivity index (χ3n) is 7.16. The molecule has 9 nitrogen and oxygen atoms in total. The Morgan fingerprint density at radius 3 is 2.22 bits per heavy atom. The smallest absolute Gasteiger partial charge is 0.343 e. The molecule has 2 aromatic carbocycles. The van der Waals surface area contributed by atoms with Crippen molar-refractivity contribution in [2.24, 2.45) is 23.7 Å². The normalized spacial score (nSPS) is 23.2. The molecule has 1 saturated heterocycles. The Kier molecular flexibility index (Phi) is 6.60. The van der Waals surface area contributed by atoms with Gasteiger partial charge in [0, 0.05) is 12.1 Å². The van der Waals surface area contributed by atoms with E-state index in [9.17, 15) is 24.0 Å². The molecule has 2 fully saturated rings. The first-order chi connectivity index (χ1) is 17.9. The number of nitrogens with zero attached hydrogens (tertiary/aromatic N) is 1. The summed E-state index contributed by atoms with van der Waals surface area (Å²) in [7, 11) is 1.50. The lowest BCUT2D eigenvalue weighted by Gasteiger charge is -2.16. The van der Waals surface area contributed by atoms with Gasteiger partial charge in [-0.25, -0.2) is 4.79 Å². The van der Waals surface area contributed by atoms with Crippen molar-refractivity contribution < 1.29 is 38.2 Å². The number of carbonyl (C=O) groups excluding carboxylic acids is 5. The Balaban J connectivity index is 1.08. The highest BCUT2D eigenvalue weighted by atomic mass is 16.5. The predicted molar refractivity (Wildman–Crippen MR) is 129 cm³/mol. The van der Waals surface area contributed by atoms with Gasteiger partial charge < -0.3 is 14.2 Å². The molecule has 3 aliphatic rings. The lowest BCUT2D eigenvalue weighted by atomic mass is 9.85. The van der Waals surface area contributed by atoms with Gasteiger partial charge in [0.25, 0.3) is 0 Å². The number of benzene rings is 2. The van der Waals surface area contributed by atoms with Crippen molar-refractivity contribution in [3.05, 3.63) is 71.8 Å². The van der Waals surface area contributed by atoms with Gasteiger partial charge in [-0.15, -0.1) is 0 Å². The maximum absolute atomic E-state index is 12.7. The predicted octanol–water partition coefficient (Wildman–Crippen LogP) is 2.84. The summed E-state index contributed by atoms with van der Waals surface area (Å²) in [5.74, 6) is -1.75. The third kappa shape index (κ3) is 4.76. The number of methoxy groups -OCH3 is 1. The van der Waals surface area contributed by atoms with Crippen molar-refractivity contribution in [3.63, 3.8) is 0 Å². The van der Waals surface area contributed by atoms with Crippen molar-refractivity contribution in [1.29, 1.82) is 0 Å². The molecule has 37 heavy (non-hydrogen) atoms. The van der Waals surface area contributed by atoms with Crippen LogP contribution < -0.4 is 9.47 Å². The number of imide groups is 1. The van der Waals surface area contributed by atoms with E-state index in [1.165, 1.54) is 31.4 Å². The second kappa shape index (κ2) is 10.0. The van der Waals surface area contributed by atoms with Gasteiger partial charge in [0.05, 0.1) is 30.9 Å². The SMILES string of the molecule is COc1cccc(C(=O)Oc2ccc(C(=O)COC(=O)CCN3C(=O)C4C5C=CC(C5)C4C3=O)cc2)c1. The first-order valence-electron chi connectivity index (χ1n) is 12.0. The number of Topliss-reactive ketones (excluding diaryl/α,β-unsaturated/α-hetero) is 1. The minimum atomic E-state index is -0.670. The van der Waals surface area contributed by atoms with Gasteiger partial charge >= 0.3 is 11.9 Å². The largest absolute Gasteiger partial charge is 0.497 e. The van der Waals surface area contributed by atoms with E-state index in [0.717, 1.165) is 11.3 Å². The maximum Gasteiger partial charge on any atom is 0.343 e. The summed E-state index contributed by atoms with van der Waals surface area (Å²) in [6.07, 6.45) is 4.69. The highest BCUT2D eigenvalue weighted by Crippen LogP contribution is 2.52. The number of hydrogen-bond acceptors (Lipinski definition) is 8. The van der Waals surface area contributed by atoms with E-state index in [4.69, 9.17) is 14.2 Å². The quantitative estimate of drug-likeness (QED) is 0.169. The molecule has 1 saturated carbocycles. The maximum atomic E-state index is 12.7. The molecule has 1 heterocycles. The molecule has 0 radical (unpaired) electrons. The average molecular weight is 504 g/mol. The van der Waals surface area contributed by atoms with Crippen molar-refractivity contribution >= 4 is 29.5 Å². The molecule has 2 bridgehead atoms. The molecule has 190 valence electrons.